The number of amides is 1. The number of aromatic nitrogens is 1. The standard InChI is InChI=1S/C21H14BrN3O4/c22-13-5-6-15-14(9-13)19(21(27)23-15)24-25-20(26)18-10-28-16-7-11-3-1-2-4-12(11)8-17(16)29-18/h1-9,18,23,27H,10H2/t18-/m0/s1. The number of carbonyl (C=O) groups excluding carboxylic acids is 1. The molecule has 0 fully saturated rings. The van der Waals surface area contributed by atoms with Gasteiger partial charge in [0.2, 0.25) is 12.0 Å². The van der Waals surface area contributed by atoms with Crippen LogP contribution in [0.4, 0.5) is 5.69 Å². The van der Waals surface area contributed by atoms with E-state index in [2.05, 4.69) is 31.1 Å². The van der Waals surface area contributed by atoms with Crippen LogP contribution in [0.15, 0.2) is 69.3 Å². The zero-order chi connectivity index (χ0) is 20.0. The van der Waals surface area contributed by atoms with Crippen LogP contribution in [-0.4, -0.2) is 28.7 Å². The fourth-order valence-corrected chi connectivity index (χ4v) is 3.64. The Morgan fingerprint density at radius 1 is 1.10 bits per heavy atom. The summed E-state index contributed by atoms with van der Waals surface area (Å²) in [5.74, 6) is 0.325. The molecule has 8 heteroatoms. The first-order chi connectivity index (χ1) is 14.1. The fourth-order valence-electron chi connectivity index (χ4n) is 3.28. The molecule has 3 aromatic carbocycles. The maximum atomic E-state index is 12.5. The Bertz CT molecular complexity index is 1300. The normalized spacial score (nSPS) is 16.0. The Morgan fingerprint density at radius 3 is 2.66 bits per heavy atom. The number of rotatable bonds is 2. The van der Waals surface area contributed by atoms with Gasteiger partial charge in [0.05, 0.1) is 5.52 Å². The highest BCUT2D eigenvalue weighted by molar-refractivity contribution is 9.10. The van der Waals surface area contributed by atoms with E-state index in [0.29, 0.717) is 22.4 Å². The predicted octanol–water partition coefficient (Wildman–Crippen LogP) is 5.24. The first-order valence-electron chi connectivity index (χ1n) is 8.86. The van der Waals surface area contributed by atoms with Gasteiger partial charge in [0.25, 0.3) is 0 Å². The van der Waals surface area contributed by atoms with Crippen LogP contribution < -0.4 is 9.47 Å². The van der Waals surface area contributed by atoms with E-state index < -0.39 is 12.0 Å². The van der Waals surface area contributed by atoms with Crippen molar-refractivity contribution in [2.75, 3.05) is 6.61 Å². The molecule has 1 aliphatic heterocycles. The number of nitrogens with zero attached hydrogens (tertiary/aromatic N) is 2. The van der Waals surface area contributed by atoms with Crippen molar-refractivity contribution in [3.8, 4) is 17.4 Å². The van der Waals surface area contributed by atoms with Crippen LogP contribution in [0, 0.1) is 0 Å². The van der Waals surface area contributed by atoms with Crippen LogP contribution in [0.1, 0.15) is 0 Å². The molecule has 0 bridgehead atoms. The van der Waals surface area contributed by atoms with Crippen LogP contribution in [0.2, 0.25) is 0 Å². The van der Waals surface area contributed by atoms with Crippen LogP contribution in [0.3, 0.4) is 0 Å². The quantitative estimate of drug-likeness (QED) is 0.407. The highest BCUT2D eigenvalue weighted by atomic mass is 79.9. The van der Waals surface area contributed by atoms with Crippen LogP contribution in [0.25, 0.3) is 21.7 Å². The van der Waals surface area contributed by atoms with Gasteiger partial charge in [-0.3, -0.25) is 4.79 Å². The molecule has 0 spiro atoms. The Hall–Kier alpha value is -3.39. The number of aromatic hydroxyl groups is 1. The van der Waals surface area contributed by atoms with Crippen molar-refractivity contribution in [1.29, 1.82) is 0 Å². The molecule has 1 atom stereocenters. The van der Waals surface area contributed by atoms with E-state index >= 15 is 0 Å². The molecule has 1 aromatic heterocycles. The first kappa shape index (κ1) is 17.7. The molecule has 4 aromatic rings. The van der Waals surface area contributed by atoms with Gasteiger partial charge in [0, 0.05) is 9.86 Å². The number of benzene rings is 3. The number of aromatic amines is 1. The van der Waals surface area contributed by atoms with Gasteiger partial charge >= 0.3 is 5.91 Å². The average molecular weight is 452 g/mol. The summed E-state index contributed by atoms with van der Waals surface area (Å²) in [5.41, 5.74) is 0.878. The van der Waals surface area contributed by atoms with E-state index in [9.17, 15) is 9.90 Å². The lowest BCUT2D eigenvalue weighted by Gasteiger charge is -2.24. The predicted molar refractivity (Wildman–Crippen MR) is 111 cm³/mol. The smallest absolute Gasteiger partial charge is 0.308 e. The second-order valence-electron chi connectivity index (χ2n) is 6.61. The molecular formula is C21H14BrN3O4. The number of hydrogen-bond donors (Lipinski definition) is 2. The van der Waals surface area contributed by atoms with Crippen molar-refractivity contribution in [3.63, 3.8) is 0 Å². The van der Waals surface area contributed by atoms with Gasteiger partial charge < -0.3 is 19.6 Å². The lowest BCUT2D eigenvalue weighted by molar-refractivity contribution is -0.127. The summed E-state index contributed by atoms with van der Waals surface area (Å²) in [6, 6.07) is 17.0. The molecule has 0 radical (unpaired) electrons. The number of H-pyrrole nitrogens is 1. The second-order valence-corrected chi connectivity index (χ2v) is 7.53. The average Bonchev–Trinajstić information content (AvgIpc) is 3.04. The van der Waals surface area contributed by atoms with Gasteiger partial charge in [0.1, 0.15) is 6.61 Å². The van der Waals surface area contributed by atoms with E-state index in [1.165, 1.54) is 0 Å². The largest absolute Gasteiger partial charge is 0.493 e. The summed E-state index contributed by atoms with van der Waals surface area (Å²) in [7, 11) is 0. The number of azo groups is 1. The van der Waals surface area contributed by atoms with E-state index in [4.69, 9.17) is 9.47 Å². The molecule has 0 saturated heterocycles. The number of nitrogens with one attached hydrogen (secondary N) is 1. The summed E-state index contributed by atoms with van der Waals surface area (Å²) in [5, 5.41) is 20.5. The molecule has 0 saturated carbocycles. The van der Waals surface area contributed by atoms with Crippen LogP contribution in [0.5, 0.6) is 17.4 Å². The number of halogens is 1. The third kappa shape index (κ3) is 3.21. The number of fused-ring (bicyclic) bond motifs is 3. The summed E-state index contributed by atoms with van der Waals surface area (Å²) in [6.07, 6.45) is -0.911. The molecule has 2 N–H and O–H groups in total. The maximum absolute atomic E-state index is 12.5. The third-order valence-corrected chi connectivity index (χ3v) is 5.20. The number of carbonyl (C=O) groups is 1. The summed E-state index contributed by atoms with van der Waals surface area (Å²) < 4.78 is 12.3. The molecule has 1 aliphatic rings. The van der Waals surface area contributed by atoms with E-state index in [0.717, 1.165) is 15.2 Å². The number of ether oxygens (including phenoxy) is 2. The third-order valence-electron chi connectivity index (χ3n) is 4.71. The van der Waals surface area contributed by atoms with Gasteiger partial charge in [-0.25, -0.2) is 0 Å². The molecule has 5 rings (SSSR count). The summed E-state index contributed by atoms with van der Waals surface area (Å²) >= 11 is 3.38. The lowest BCUT2D eigenvalue weighted by Crippen LogP contribution is -2.35. The fraction of sp³-hybridized carbons (Fsp3) is 0.0952. The van der Waals surface area contributed by atoms with Crippen molar-refractivity contribution >= 4 is 49.2 Å². The van der Waals surface area contributed by atoms with Crippen molar-refractivity contribution in [2.45, 2.75) is 6.10 Å². The minimum Gasteiger partial charge on any atom is -0.493 e. The molecule has 7 nitrogen and oxygen atoms in total. The monoisotopic (exact) mass is 451 g/mol. The second kappa shape index (κ2) is 6.89. The van der Waals surface area contributed by atoms with Gasteiger partial charge in [-0.05, 0) is 41.1 Å². The molecule has 0 unspecified atom stereocenters. The minimum absolute atomic E-state index is 0.0363. The zero-order valence-electron chi connectivity index (χ0n) is 14.9. The number of hydrogen-bond acceptors (Lipinski definition) is 5. The molecule has 144 valence electrons. The van der Waals surface area contributed by atoms with Gasteiger partial charge in [-0.15, -0.1) is 10.2 Å². The molecule has 0 aliphatic carbocycles. The van der Waals surface area contributed by atoms with Gasteiger partial charge in [-0.2, -0.15) is 0 Å². The van der Waals surface area contributed by atoms with Crippen LogP contribution in [-0.2, 0) is 4.79 Å². The topological polar surface area (TPSA) is 96.3 Å². The van der Waals surface area contributed by atoms with Crippen molar-refractivity contribution in [2.24, 2.45) is 10.2 Å². The molecule has 29 heavy (non-hydrogen) atoms. The summed E-state index contributed by atoms with van der Waals surface area (Å²) in [4.78, 5) is 15.3. The lowest BCUT2D eigenvalue weighted by atomic mass is 10.1. The Kier molecular flexibility index (Phi) is 4.21. The van der Waals surface area contributed by atoms with Crippen LogP contribution >= 0.6 is 15.9 Å². The summed E-state index contributed by atoms with van der Waals surface area (Å²) in [6.45, 7) is 0.0363. The van der Waals surface area contributed by atoms with Gasteiger partial charge in [0.15, 0.2) is 17.2 Å². The van der Waals surface area contributed by atoms with E-state index in [1.807, 2.05) is 42.5 Å². The Morgan fingerprint density at radius 2 is 1.86 bits per heavy atom. The minimum atomic E-state index is -0.911. The highest BCUT2D eigenvalue weighted by Crippen LogP contribution is 2.38. The first-order valence-corrected chi connectivity index (χ1v) is 9.66. The van der Waals surface area contributed by atoms with Crippen molar-refractivity contribution < 1.29 is 19.4 Å². The Balaban J connectivity index is 1.40. The van der Waals surface area contributed by atoms with Gasteiger partial charge in [-0.1, -0.05) is 40.2 Å². The molecule has 1 amide bonds. The van der Waals surface area contributed by atoms with E-state index in [1.54, 1.807) is 12.1 Å². The highest BCUT2D eigenvalue weighted by Gasteiger charge is 2.28. The zero-order valence-corrected chi connectivity index (χ0v) is 16.5. The molecule has 2 heterocycles. The maximum Gasteiger partial charge on any atom is 0.308 e. The SMILES string of the molecule is O=C(N=Nc1c(O)[nH]c2ccc(Br)cc12)[C@@H]1COc2cc3ccccc3cc2O1. The molecular weight excluding hydrogens is 438 g/mol. The Labute approximate surface area is 173 Å². The van der Waals surface area contributed by atoms with E-state index in [-0.39, 0.29) is 18.2 Å². The van der Waals surface area contributed by atoms with Crippen molar-refractivity contribution in [1.82, 2.24) is 4.98 Å². The van der Waals surface area contributed by atoms with Crippen molar-refractivity contribution in [3.05, 3.63) is 59.1 Å².